The molecule has 4 rings (SSSR count). The van der Waals surface area contributed by atoms with Crippen LogP contribution >= 0.6 is 0 Å². The SMILES string of the molecule is Cc1ccc(C2[C@@H](CCC(O)c3ccc(F)cc3)C(=O)N2c2ccc(C)cc2)cc1. The normalized spacial score (nSPS) is 19.5. The summed E-state index contributed by atoms with van der Waals surface area (Å²) in [6.45, 7) is 4.07. The molecule has 1 saturated heterocycles. The van der Waals surface area contributed by atoms with E-state index < -0.39 is 6.10 Å². The van der Waals surface area contributed by atoms with Gasteiger partial charge in [-0.25, -0.2) is 4.39 Å². The zero-order valence-electron chi connectivity index (χ0n) is 17.3. The molecule has 0 spiro atoms. The Balaban J connectivity index is 1.55. The molecule has 1 heterocycles. The second-order valence-corrected chi connectivity index (χ2v) is 8.15. The van der Waals surface area contributed by atoms with Crippen LogP contribution in [-0.2, 0) is 4.79 Å². The molecule has 4 heteroatoms. The van der Waals surface area contributed by atoms with Gasteiger partial charge in [0.15, 0.2) is 0 Å². The van der Waals surface area contributed by atoms with Crippen molar-refractivity contribution in [3.63, 3.8) is 0 Å². The van der Waals surface area contributed by atoms with Crippen LogP contribution in [0.2, 0.25) is 0 Å². The van der Waals surface area contributed by atoms with Crippen molar-refractivity contribution in [1.82, 2.24) is 0 Å². The quantitative estimate of drug-likeness (QED) is 0.540. The van der Waals surface area contributed by atoms with E-state index in [1.54, 1.807) is 12.1 Å². The number of aryl methyl sites for hydroxylation is 2. The van der Waals surface area contributed by atoms with Gasteiger partial charge in [0.2, 0.25) is 5.91 Å². The van der Waals surface area contributed by atoms with E-state index in [1.165, 1.54) is 17.7 Å². The number of aliphatic hydroxyl groups excluding tert-OH is 1. The van der Waals surface area contributed by atoms with Crippen LogP contribution in [0.15, 0.2) is 72.8 Å². The van der Waals surface area contributed by atoms with Gasteiger partial charge in [0.25, 0.3) is 0 Å². The number of anilines is 1. The van der Waals surface area contributed by atoms with Gasteiger partial charge in [0.05, 0.1) is 18.1 Å². The maximum atomic E-state index is 13.1. The third kappa shape index (κ3) is 4.01. The fourth-order valence-corrected chi connectivity index (χ4v) is 4.16. The van der Waals surface area contributed by atoms with Gasteiger partial charge in [-0.1, -0.05) is 59.7 Å². The van der Waals surface area contributed by atoms with Crippen molar-refractivity contribution in [2.24, 2.45) is 5.92 Å². The molecule has 0 saturated carbocycles. The molecule has 3 nitrogen and oxygen atoms in total. The van der Waals surface area contributed by atoms with E-state index in [-0.39, 0.29) is 23.7 Å². The van der Waals surface area contributed by atoms with Gasteiger partial charge in [-0.05, 0) is 62.1 Å². The maximum absolute atomic E-state index is 13.1. The maximum Gasteiger partial charge on any atom is 0.233 e. The molecule has 154 valence electrons. The van der Waals surface area contributed by atoms with E-state index >= 15 is 0 Å². The van der Waals surface area contributed by atoms with Crippen molar-refractivity contribution in [1.29, 1.82) is 0 Å². The minimum atomic E-state index is -0.717. The summed E-state index contributed by atoms with van der Waals surface area (Å²) in [5.74, 6) is -0.437. The topological polar surface area (TPSA) is 40.5 Å². The van der Waals surface area contributed by atoms with Crippen molar-refractivity contribution in [2.45, 2.75) is 38.8 Å². The number of carbonyl (C=O) groups is 1. The first-order chi connectivity index (χ1) is 14.4. The predicted molar refractivity (Wildman–Crippen MR) is 117 cm³/mol. The summed E-state index contributed by atoms with van der Waals surface area (Å²) in [6, 6.07) is 22.1. The van der Waals surface area contributed by atoms with Gasteiger partial charge in [-0.2, -0.15) is 0 Å². The Bertz CT molecular complexity index is 1010. The number of carbonyl (C=O) groups excluding carboxylic acids is 1. The van der Waals surface area contributed by atoms with Gasteiger partial charge < -0.3 is 10.0 Å². The average molecular weight is 403 g/mol. The molecule has 0 aromatic heterocycles. The van der Waals surface area contributed by atoms with Gasteiger partial charge in [0.1, 0.15) is 5.82 Å². The van der Waals surface area contributed by atoms with Crippen LogP contribution in [0.5, 0.6) is 0 Å². The lowest BCUT2D eigenvalue weighted by Gasteiger charge is -2.48. The second kappa shape index (κ2) is 8.41. The van der Waals surface area contributed by atoms with Crippen molar-refractivity contribution in [2.75, 3.05) is 4.90 Å². The Kier molecular flexibility index (Phi) is 5.69. The standard InChI is InChI=1S/C26H26FNO2/c1-17-3-7-20(8-4-17)25-23(15-16-24(29)19-9-11-21(27)12-10-19)26(30)28(25)22-13-5-18(2)6-14-22/h3-14,23-25,29H,15-16H2,1-2H3/t23-,24?,25?/m1/s1. The van der Waals surface area contributed by atoms with E-state index in [0.717, 1.165) is 16.8 Å². The number of benzene rings is 3. The van der Waals surface area contributed by atoms with Crippen molar-refractivity contribution < 1.29 is 14.3 Å². The van der Waals surface area contributed by atoms with E-state index in [4.69, 9.17) is 0 Å². The Morgan fingerprint density at radius 1 is 0.900 bits per heavy atom. The van der Waals surface area contributed by atoms with Crippen LogP contribution in [0, 0.1) is 25.6 Å². The number of nitrogens with zero attached hydrogens (tertiary/aromatic N) is 1. The van der Waals surface area contributed by atoms with Gasteiger partial charge in [-0.3, -0.25) is 4.79 Å². The summed E-state index contributed by atoms with van der Waals surface area (Å²) >= 11 is 0. The van der Waals surface area contributed by atoms with Crippen LogP contribution in [0.1, 0.15) is 47.2 Å². The van der Waals surface area contributed by atoms with Crippen LogP contribution in [0.3, 0.4) is 0 Å². The zero-order valence-corrected chi connectivity index (χ0v) is 17.3. The molecule has 0 aliphatic carbocycles. The summed E-state index contributed by atoms with van der Waals surface area (Å²) in [7, 11) is 0. The molecule has 2 unspecified atom stereocenters. The highest BCUT2D eigenvalue weighted by Gasteiger charge is 2.48. The number of rotatable bonds is 6. The number of halogens is 1. The molecule has 3 aromatic carbocycles. The Hall–Kier alpha value is -2.98. The number of amides is 1. The average Bonchev–Trinajstić information content (AvgIpc) is 2.74. The molecule has 0 radical (unpaired) electrons. The van der Waals surface area contributed by atoms with E-state index in [1.807, 2.05) is 43.0 Å². The fraction of sp³-hybridized carbons (Fsp3) is 0.269. The molecule has 30 heavy (non-hydrogen) atoms. The monoisotopic (exact) mass is 403 g/mol. The number of β-lactam (4-membered cyclic amide) rings is 1. The molecule has 3 aromatic rings. The first kappa shape index (κ1) is 20.3. The number of hydrogen-bond donors (Lipinski definition) is 1. The van der Waals surface area contributed by atoms with Crippen molar-refractivity contribution >= 4 is 11.6 Å². The van der Waals surface area contributed by atoms with E-state index in [9.17, 15) is 14.3 Å². The van der Waals surface area contributed by atoms with Crippen molar-refractivity contribution in [3.05, 3.63) is 101 Å². The number of aliphatic hydroxyl groups is 1. The summed E-state index contributed by atoms with van der Waals surface area (Å²) < 4.78 is 13.1. The Morgan fingerprint density at radius 3 is 2.07 bits per heavy atom. The molecule has 1 amide bonds. The van der Waals surface area contributed by atoms with Gasteiger partial charge in [0, 0.05) is 5.69 Å². The highest BCUT2D eigenvalue weighted by Crippen LogP contribution is 2.46. The third-order valence-corrected chi connectivity index (χ3v) is 5.95. The molecular formula is C26H26FNO2. The van der Waals surface area contributed by atoms with E-state index in [0.29, 0.717) is 18.4 Å². The first-order valence-electron chi connectivity index (χ1n) is 10.3. The Morgan fingerprint density at radius 2 is 1.47 bits per heavy atom. The molecule has 1 fully saturated rings. The molecular weight excluding hydrogens is 377 g/mol. The molecule has 1 aliphatic heterocycles. The van der Waals surface area contributed by atoms with Crippen LogP contribution < -0.4 is 4.90 Å². The van der Waals surface area contributed by atoms with Gasteiger partial charge in [-0.15, -0.1) is 0 Å². The molecule has 0 bridgehead atoms. The first-order valence-corrected chi connectivity index (χ1v) is 10.3. The third-order valence-electron chi connectivity index (χ3n) is 5.95. The lowest BCUT2D eigenvalue weighted by atomic mass is 9.78. The molecule has 1 aliphatic rings. The van der Waals surface area contributed by atoms with Crippen molar-refractivity contribution in [3.8, 4) is 0 Å². The highest BCUT2D eigenvalue weighted by molar-refractivity contribution is 6.03. The largest absolute Gasteiger partial charge is 0.388 e. The summed E-state index contributed by atoms with van der Waals surface area (Å²) in [5.41, 5.74) is 4.99. The summed E-state index contributed by atoms with van der Waals surface area (Å²) in [5, 5.41) is 10.5. The predicted octanol–water partition coefficient (Wildman–Crippen LogP) is 5.66. The zero-order chi connectivity index (χ0) is 21.3. The Labute approximate surface area is 176 Å². The van der Waals surface area contributed by atoms with Crippen LogP contribution in [0.4, 0.5) is 10.1 Å². The summed E-state index contributed by atoms with van der Waals surface area (Å²) in [6.07, 6.45) is 0.301. The van der Waals surface area contributed by atoms with Crippen LogP contribution in [0.25, 0.3) is 0 Å². The molecule has 3 atom stereocenters. The van der Waals surface area contributed by atoms with Crippen LogP contribution in [-0.4, -0.2) is 11.0 Å². The lowest BCUT2D eigenvalue weighted by molar-refractivity contribution is -0.131. The minimum absolute atomic E-state index is 0.0544. The smallest absolute Gasteiger partial charge is 0.233 e. The lowest BCUT2D eigenvalue weighted by Crippen LogP contribution is -2.55. The number of hydrogen-bond acceptors (Lipinski definition) is 2. The summed E-state index contributed by atoms with van der Waals surface area (Å²) in [4.78, 5) is 14.9. The van der Waals surface area contributed by atoms with Gasteiger partial charge >= 0.3 is 0 Å². The minimum Gasteiger partial charge on any atom is -0.388 e. The fourth-order valence-electron chi connectivity index (χ4n) is 4.16. The van der Waals surface area contributed by atoms with E-state index in [2.05, 4.69) is 24.3 Å². The highest BCUT2D eigenvalue weighted by atomic mass is 19.1. The molecule has 1 N–H and O–H groups in total. The second-order valence-electron chi connectivity index (χ2n) is 8.15.